The quantitative estimate of drug-likeness (QED) is 0.371. The number of rotatable bonds is 7. The second-order valence-corrected chi connectivity index (χ2v) is 9.67. The summed E-state index contributed by atoms with van der Waals surface area (Å²) >= 11 is 0. The summed E-state index contributed by atoms with van der Waals surface area (Å²) in [6, 6.07) is 0. The molecule has 10 heteroatoms. The number of carbonyl (C=O) groups excluding carboxylic acids is 1. The molecule has 0 N–H and O–H groups in total. The van der Waals surface area contributed by atoms with E-state index in [1.54, 1.807) is 0 Å². The maximum atomic E-state index is 13.4. The molecule has 4 aliphatic carbocycles. The van der Waals surface area contributed by atoms with Crippen molar-refractivity contribution in [3.8, 4) is 0 Å². The van der Waals surface area contributed by atoms with Gasteiger partial charge < -0.3 is 9.29 Å². The summed E-state index contributed by atoms with van der Waals surface area (Å²) in [5, 5.41) is -5.76. The minimum atomic E-state index is -6.54. The lowest BCUT2D eigenvalue weighted by Gasteiger charge is -2.56. The van der Waals surface area contributed by atoms with Crippen LogP contribution in [-0.4, -0.2) is 36.7 Å². The Bertz CT molecular complexity index is 641. The van der Waals surface area contributed by atoms with Gasteiger partial charge in [-0.05, 0) is 56.3 Å². The smallest absolute Gasteiger partial charge is 0.396 e. The lowest BCUT2D eigenvalue weighted by Crippen LogP contribution is -2.48. The third kappa shape index (κ3) is 3.58. The van der Waals surface area contributed by atoms with Crippen LogP contribution in [0.1, 0.15) is 51.4 Å². The first kappa shape index (κ1) is 19.9. The molecule has 0 amide bonds. The van der Waals surface area contributed by atoms with Crippen molar-refractivity contribution in [3.63, 3.8) is 0 Å². The Hall–Kier alpha value is -0.900. The summed E-state index contributed by atoms with van der Waals surface area (Å²) in [5.74, 6) is -4.41. The molecule has 4 rings (SSSR count). The molecule has 26 heavy (non-hydrogen) atoms. The number of ether oxygens (including phenoxy) is 1. The van der Waals surface area contributed by atoms with E-state index in [1.165, 1.54) is 19.3 Å². The van der Waals surface area contributed by atoms with Crippen molar-refractivity contribution >= 4 is 16.1 Å². The number of carbonyl (C=O) groups is 1. The minimum absolute atomic E-state index is 0.0805. The van der Waals surface area contributed by atoms with Gasteiger partial charge in [-0.25, -0.2) is 8.42 Å². The molecule has 0 atom stereocenters. The molecule has 0 spiro atoms. The van der Waals surface area contributed by atoms with Crippen LogP contribution in [0.25, 0.3) is 0 Å². The largest absolute Gasteiger partial charge is 0.743 e. The van der Waals surface area contributed by atoms with Gasteiger partial charge in [-0.3, -0.25) is 4.79 Å². The molecule has 5 nitrogen and oxygen atoms in total. The lowest BCUT2D eigenvalue weighted by atomic mass is 9.50. The van der Waals surface area contributed by atoms with E-state index in [-0.39, 0.29) is 12.0 Å². The van der Waals surface area contributed by atoms with E-state index in [1.807, 2.05) is 0 Å². The summed E-state index contributed by atoms with van der Waals surface area (Å²) in [6.45, 7) is 0.0805. The maximum absolute atomic E-state index is 13.4. The molecule has 0 aromatic rings. The Kier molecular flexibility index (Phi) is 4.83. The van der Waals surface area contributed by atoms with E-state index in [0.29, 0.717) is 17.8 Å². The highest BCUT2D eigenvalue weighted by atomic mass is 32.2. The summed E-state index contributed by atoms with van der Waals surface area (Å²) in [7, 11) is -6.54. The molecule has 0 radical (unpaired) electrons. The van der Waals surface area contributed by atoms with Gasteiger partial charge in [-0.15, -0.1) is 0 Å². The van der Waals surface area contributed by atoms with E-state index in [9.17, 15) is 35.3 Å². The average molecular weight is 401 g/mol. The molecule has 0 aliphatic heterocycles. The first-order valence-corrected chi connectivity index (χ1v) is 10.1. The van der Waals surface area contributed by atoms with E-state index < -0.39 is 40.1 Å². The van der Waals surface area contributed by atoms with Crippen molar-refractivity contribution in [2.75, 3.05) is 6.61 Å². The number of hydrogen-bond donors (Lipinski definition) is 0. The predicted molar refractivity (Wildman–Crippen MR) is 80.4 cm³/mol. The van der Waals surface area contributed by atoms with Crippen LogP contribution in [0.15, 0.2) is 0 Å². The third-order valence-electron chi connectivity index (χ3n) is 6.09. The van der Waals surface area contributed by atoms with Crippen molar-refractivity contribution in [2.24, 2.45) is 23.2 Å². The van der Waals surface area contributed by atoms with Crippen molar-refractivity contribution in [3.05, 3.63) is 0 Å². The van der Waals surface area contributed by atoms with Gasteiger partial charge in [0.2, 0.25) is 0 Å². The van der Waals surface area contributed by atoms with E-state index in [2.05, 4.69) is 0 Å². The third-order valence-corrected chi connectivity index (χ3v) is 7.01. The molecule has 0 aromatic heterocycles. The Morgan fingerprint density at radius 2 is 1.50 bits per heavy atom. The van der Waals surface area contributed by atoms with Crippen LogP contribution in [0.5, 0.6) is 0 Å². The maximum Gasteiger partial charge on any atom is 0.396 e. The highest BCUT2D eigenvalue weighted by Gasteiger charge is 2.61. The summed E-state index contributed by atoms with van der Waals surface area (Å²) < 4.78 is 88.9. The molecule has 0 aromatic carbocycles. The van der Waals surface area contributed by atoms with Crippen molar-refractivity contribution in [1.29, 1.82) is 0 Å². The number of hydrogen-bond acceptors (Lipinski definition) is 5. The van der Waals surface area contributed by atoms with Crippen LogP contribution in [0.4, 0.5) is 17.6 Å². The van der Waals surface area contributed by atoms with Crippen molar-refractivity contribution in [1.82, 2.24) is 0 Å². The summed E-state index contributed by atoms with van der Waals surface area (Å²) in [6.07, 6.45) is 3.47. The number of esters is 1. The fourth-order valence-electron chi connectivity index (χ4n) is 5.36. The van der Waals surface area contributed by atoms with Gasteiger partial charge in [0.15, 0.2) is 10.1 Å². The Balaban J connectivity index is 1.52. The Morgan fingerprint density at radius 1 is 1.04 bits per heavy atom. The molecule has 4 aliphatic rings. The van der Waals surface area contributed by atoms with E-state index >= 15 is 0 Å². The van der Waals surface area contributed by atoms with Crippen molar-refractivity contribution < 1.29 is 40.1 Å². The first-order valence-electron chi connectivity index (χ1n) is 8.70. The zero-order valence-corrected chi connectivity index (χ0v) is 14.9. The zero-order chi connectivity index (χ0) is 19.4. The predicted octanol–water partition coefficient (Wildman–Crippen LogP) is 3.30. The van der Waals surface area contributed by atoms with Crippen LogP contribution in [0, 0.1) is 23.2 Å². The first-order chi connectivity index (χ1) is 11.8. The molecule has 4 saturated carbocycles. The van der Waals surface area contributed by atoms with Gasteiger partial charge in [0.25, 0.3) is 0 Å². The van der Waals surface area contributed by atoms with Gasteiger partial charge in [0, 0.05) is 11.8 Å². The summed E-state index contributed by atoms with van der Waals surface area (Å²) in [5.41, 5.74) is -0.144. The highest BCUT2D eigenvalue weighted by Crippen LogP contribution is 2.60. The van der Waals surface area contributed by atoms with Gasteiger partial charge in [-0.1, -0.05) is 0 Å². The van der Waals surface area contributed by atoms with E-state index in [4.69, 9.17) is 4.74 Å². The van der Waals surface area contributed by atoms with E-state index in [0.717, 1.165) is 19.3 Å². The fraction of sp³-hybridized carbons (Fsp3) is 0.938. The molecule has 0 unspecified atom stereocenters. The van der Waals surface area contributed by atoms with Gasteiger partial charge >= 0.3 is 17.1 Å². The lowest BCUT2D eigenvalue weighted by molar-refractivity contribution is -0.174. The molecule has 0 saturated heterocycles. The second-order valence-electron chi connectivity index (χ2n) is 8.25. The van der Waals surface area contributed by atoms with Crippen LogP contribution in [0.3, 0.4) is 0 Å². The highest BCUT2D eigenvalue weighted by molar-refractivity contribution is 7.86. The van der Waals surface area contributed by atoms with Crippen LogP contribution < -0.4 is 0 Å². The van der Waals surface area contributed by atoms with Crippen molar-refractivity contribution in [2.45, 2.75) is 62.5 Å². The Morgan fingerprint density at radius 3 is 1.92 bits per heavy atom. The molecular formula is C16H21F4O5S-. The van der Waals surface area contributed by atoms with Gasteiger partial charge in [-0.2, -0.15) is 17.6 Å². The topological polar surface area (TPSA) is 83.5 Å². The molecule has 4 fully saturated rings. The molecule has 0 heterocycles. The molecular weight excluding hydrogens is 380 g/mol. The average Bonchev–Trinajstić information content (AvgIpc) is 2.48. The van der Waals surface area contributed by atoms with Gasteiger partial charge in [0.05, 0.1) is 13.0 Å². The number of halogens is 4. The Labute approximate surface area is 149 Å². The molecule has 4 bridgehead atoms. The fourth-order valence-corrected chi connectivity index (χ4v) is 5.83. The van der Waals surface area contributed by atoms with Gasteiger partial charge in [0.1, 0.15) is 0 Å². The summed E-state index contributed by atoms with van der Waals surface area (Å²) in [4.78, 5) is 11.7. The molecule has 150 valence electrons. The minimum Gasteiger partial charge on any atom is -0.743 e. The standard InChI is InChI=1S/C16H22F4O5S/c17-15(18,16(19,20)26(22,23)24)2-1-13(21)25-9-14-6-10-3-11(7-14)5-12(4-10)8-14/h10-12H,1-9H2,(H,22,23,24)/p-1. The zero-order valence-electron chi connectivity index (χ0n) is 14.1. The monoisotopic (exact) mass is 401 g/mol. The number of alkyl halides is 4. The SMILES string of the molecule is O=C(CCC(F)(F)C(F)(F)S(=O)(=O)[O-])OCC12CC3CC(CC(C3)C1)C2. The van der Waals surface area contributed by atoms with Crippen LogP contribution in [-0.2, 0) is 19.6 Å². The normalized spacial score (nSPS) is 34.1. The van der Waals surface area contributed by atoms with Crippen LogP contribution in [0.2, 0.25) is 0 Å². The second kappa shape index (κ2) is 6.32. The van der Waals surface area contributed by atoms with Crippen LogP contribution >= 0.6 is 0 Å².